The quantitative estimate of drug-likeness (QED) is 0.411. The molecule has 146 valence electrons. The zero-order chi connectivity index (χ0) is 19.7. The summed E-state index contributed by atoms with van der Waals surface area (Å²) < 4.78 is 15.2. The normalized spacial score (nSPS) is 9.64. The van der Waals surface area contributed by atoms with Gasteiger partial charge in [-0.3, -0.25) is 4.79 Å². The first-order valence-electron chi connectivity index (χ1n) is 8.09. The maximum Gasteiger partial charge on any atom is 0.159 e. The van der Waals surface area contributed by atoms with Crippen molar-refractivity contribution >= 4 is 17.4 Å². The highest BCUT2D eigenvalue weighted by atomic mass is 35.5. The third kappa shape index (κ3) is 14.8. The Kier molecular flexibility index (Phi) is 18.4. The number of hydrogen-bond donors (Lipinski definition) is 2. The first kappa shape index (κ1) is 26.1. The van der Waals surface area contributed by atoms with E-state index in [0.29, 0.717) is 17.2 Å². The van der Waals surface area contributed by atoms with Gasteiger partial charge in [0.2, 0.25) is 0 Å². The molecule has 0 fully saturated rings. The molecular weight excluding hydrogens is 348 g/mol. The summed E-state index contributed by atoms with van der Waals surface area (Å²) in [5, 5.41) is 15.2. The molecular formula is C18H31ClO6. The van der Waals surface area contributed by atoms with Crippen molar-refractivity contribution < 1.29 is 29.2 Å². The fourth-order valence-electron chi connectivity index (χ4n) is 1.58. The molecule has 0 bridgehead atoms. The average molecular weight is 379 g/mol. The number of halogens is 1. The third-order valence-electron chi connectivity index (χ3n) is 2.67. The molecule has 0 heterocycles. The molecule has 2 N–H and O–H groups in total. The van der Waals surface area contributed by atoms with E-state index in [0.717, 1.165) is 18.8 Å². The fraction of sp³-hybridized carbons (Fsp3) is 0.611. The van der Waals surface area contributed by atoms with E-state index < -0.39 is 0 Å². The molecule has 0 saturated heterocycles. The maximum atomic E-state index is 11.1. The van der Waals surface area contributed by atoms with E-state index in [9.17, 15) is 4.79 Å². The summed E-state index contributed by atoms with van der Waals surface area (Å²) in [6, 6.07) is 5.30. The van der Waals surface area contributed by atoms with Crippen LogP contribution in [0.25, 0.3) is 0 Å². The van der Waals surface area contributed by atoms with Crippen LogP contribution in [0.3, 0.4) is 0 Å². The fourth-order valence-corrected chi connectivity index (χ4v) is 1.73. The molecule has 0 aliphatic heterocycles. The van der Waals surface area contributed by atoms with E-state index in [1.807, 2.05) is 26.8 Å². The second-order valence-corrected chi connectivity index (χ2v) is 4.95. The predicted molar refractivity (Wildman–Crippen MR) is 99.4 cm³/mol. The standard InChI is InChI=1S/C10H11ClO2.C6H14O2.C2H6O2/c1-7(12)9-3-8(6-11)4-10(5-9)13-2;1-4-7-6(3)8-5-2;3-1-2-4/h3-5H,6H2,1-2H3;6H,4-5H2,1-3H3;3-4H,1-2H2. The van der Waals surface area contributed by atoms with E-state index in [4.69, 9.17) is 36.0 Å². The van der Waals surface area contributed by atoms with Gasteiger partial charge in [0.05, 0.1) is 20.3 Å². The topological polar surface area (TPSA) is 85.2 Å². The number of carbonyl (C=O) groups is 1. The number of hydrogen-bond acceptors (Lipinski definition) is 6. The van der Waals surface area contributed by atoms with Gasteiger partial charge in [-0.1, -0.05) is 0 Å². The molecule has 0 spiro atoms. The summed E-state index contributed by atoms with van der Waals surface area (Å²) in [4.78, 5) is 11.1. The number of aliphatic hydroxyl groups excluding tert-OH is 2. The van der Waals surface area contributed by atoms with Crippen LogP contribution < -0.4 is 4.74 Å². The van der Waals surface area contributed by atoms with Crippen molar-refractivity contribution in [3.63, 3.8) is 0 Å². The summed E-state index contributed by atoms with van der Waals surface area (Å²) in [6.07, 6.45) is -0.0370. The van der Waals surface area contributed by atoms with Crippen LogP contribution in [0.5, 0.6) is 5.75 Å². The molecule has 25 heavy (non-hydrogen) atoms. The number of aliphatic hydroxyl groups is 2. The van der Waals surface area contributed by atoms with E-state index in [-0.39, 0.29) is 25.3 Å². The van der Waals surface area contributed by atoms with Gasteiger partial charge >= 0.3 is 0 Å². The Morgan fingerprint density at radius 2 is 1.64 bits per heavy atom. The van der Waals surface area contributed by atoms with Crippen LogP contribution in [0, 0.1) is 0 Å². The van der Waals surface area contributed by atoms with Gasteiger partial charge in [-0.2, -0.15) is 0 Å². The van der Waals surface area contributed by atoms with Crippen molar-refractivity contribution in [2.24, 2.45) is 0 Å². The molecule has 1 rings (SSSR count). The number of rotatable bonds is 8. The van der Waals surface area contributed by atoms with E-state index in [1.54, 1.807) is 19.2 Å². The van der Waals surface area contributed by atoms with E-state index in [1.165, 1.54) is 6.92 Å². The van der Waals surface area contributed by atoms with Gasteiger partial charge in [0.25, 0.3) is 0 Å². The Labute approximate surface area is 155 Å². The van der Waals surface area contributed by atoms with Gasteiger partial charge in [-0.15, -0.1) is 11.6 Å². The van der Waals surface area contributed by atoms with Crippen LogP contribution in [0.1, 0.15) is 43.6 Å². The Morgan fingerprint density at radius 1 is 1.12 bits per heavy atom. The van der Waals surface area contributed by atoms with Crippen LogP contribution in [-0.2, 0) is 15.4 Å². The van der Waals surface area contributed by atoms with Crippen LogP contribution in [0.4, 0.5) is 0 Å². The summed E-state index contributed by atoms with van der Waals surface area (Å²) in [5.41, 5.74) is 1.53. The molecule has 1 aromatic rings. The predicted octanol–water partition coefficient (Wildman–Crippen LogP) is 3.01. The second kappa shape index (κ2) is 17.6. The highest BCUT2D eigenvalue weighted by Crippen LogP contribution is 2.18. The summed E-state index contributed by atoms with van der Waals surface area (Å²) in [6.45, 7) is 8.52. The largest absolute Gasteiger partial charge is 0.497 e. The number of methoxy groups -OCH3 is 1. The molecule has 6 nitrogen and oxygen atoms in total. The molecule has 7 heteroatoms. The monoisotopic (exact) mass is 378 g/mol. The van der Waals surface area contributed by atoms with E-state index >= 15 is 0 Å². The molecule has 1 aromatic carbocycles. The molecule has 0 saturated carbocycles. The molecule has 0 amide bonds. The molecule has 0 unspecified atom stereocenters. The lowest BCUT2D eigenvalue weighted by atomic mass is 10.1. The summed E-state index contributed by atoms with van der Waals surface area (Å²) in [5.74, 6) is 1.07. The number of benzene rings is 1. The Bertz CT molecular complexity index is 423. The minimum absolute atomic E-state index is 0.0188. The zero-order valence-corrected chi connectivity index (χ0v) is 16.5. The number of ketones is 1. The number of alkyl halides is 1. The minimum atomic E-state index is -0.125. The Balaban J connectivity index is 0. The Hall–Kier alpha value is -1.18. The van der Waals surface area contributed by atoms with Gasteiger partial charge in [-0.25, -0.2) is 0 Å². The van der Waals surface area contributed by atoms with Crippen molar-refractivity contribution in [1.82, 2.24) is 0 Å². The Morgan fingerprint density at radius 3 is 1.96 bits per heavy atom. The molecule has 0 aliphatic carbocycles. The molecule has 0 atom stereocenters. The summed E-state index contributed by atoms with van der Waals surface area (Å²) >= 11 is 5.67. The van der Waals surface area contributed by atoms with Crippen LogP contribution in [-0.4, -0.2) is 55.8 Å². The van der Waals surface area contributed by atoms with E-state index in [2.05, 4.69) is 0 Å². The molecule has 0 aliphatic rings. The van der Waals surface area contributed by atoms with Crippen molar-refractivity contribution in [3.05, 3.63) is 29.3 Å². The van der Waals surface area contributed by atoms with Crippen LogP contribution in [0.2, 0.25) is 0 Å². The zero-order valence-electron chi connectivity index (χ0n) is 15.8. The van der Waals surface area contributed by atoms with Gasteiger partial charge in [0.15, 0.2) is 12.1 Å². The average Bonchev–Trinajstić information content (AvgIpc) is 2.62. The number of ether oxygens (including phenoxy) is 3. The van der Waals surface area contributed by atoms with Crippen molar-refractivity contribution in [3.8, 4) is 5.75 Å². The third-order valence-corrected chi connectivity index (χ3v) is 2.97. The smallest absolute Gasteiger partial charge is 0.159 e. The lowest BCUT2D eigenvalue weighted by Gasteiger charge is -2.09. The van der Waals surface area contributed by atoms with Gasteiger partial charge in [0, 0.05) is 24.7 Å². The van der Waals surface area contributed by atoms with Crippen molar-refractivity contribution in [2.75, 3.05) is 33.5 Å². The highest BCUT2D eigenvalue weighted by Gasteiger charge is 2.04. The van der Waals surface area contributed by atoms with Gasteiger partial charge in [-0.05, 0) is 51.5 Å². The molecule has 0 aromatic heterocycles. The number of Topliss-reactive ketones (excluding diaryl/α,β-unsaturated/α-hetero) is 1. The number of carbonyl (C=O) groups excluding carboxylic acids is 1. The van der Waals surface area contributed by atoms with Crippen LogP contribution >= 0.6 is 11.6 Å². The second-order valence-electron chi connectivity index (χ2n) is 4.69. The lowest BCUT2D eigenvalue weighted by molar-refractivity contribution is -0.123. The summed E-state index contributed by atoms with van der Waals surface area (Å²) in [7, 11) is 1.57. The molecule has 0 radical (unpaired) electrons. The minimum Gasteiger partial charge on any atom is -0.497 e. The maximum absolute atomic E-state index is 11.1. The first-order chi connectivity index (χ1) is 11.9. The highest BCUT2D eigenvalue weighted by molar-refractivity contribution is 6.17. The van der Waals surface area contributed by atoms with Crippen molar-refractivity contribution in [1.29, 1.82) is 0 Å². The van der Waals surface area contributed by atoms with Crippen molar-refractivity contribution in [2.45, 2.75) is 39.9 Å². The van der Waals surface area contributed by atoms with Gasteiger partial charge < -0.3 is 24.4 Å². The van der Waals surface area contributed by atoms with Gasteiger partial charge in [0.1, 0.15) is 5.75 Å². The SMILES string of the molecule is CCOC(C)OCC.COc1cc(CCl)cc(C(C)=O)c1.OCCO. The lowest BCUT2D eigenvalue weighted by Crippen LogP contribution is -2.11. The first-order valence-corrected chi connectivity index (χ1v) is 8.63. The van der Waals surface area contributed by atoms with Crippen LogP contribution in [0.15, 0.2) is 18.2 Å².